The van der Waals surface area contributed by atoms with Gasteiger partial charge in [-0.2, -0.15) is 0 Å². The lowest BCUT2D eigenvalue weighted by molar-refractivity contribution is -0.121. The van der Waals surface area contributed by atoms with Gasteiger partial charge < -0.3 is 15.4 Å². The smallest absolute Gasteiger partial charge is 0.221 e. The highest BCUT2D eigenvalue weighted by Gasteiger charge is 2.12. The SMILES string of the molecule is CCOc1ccc(C(C)NC(=O)CCNC(C)(C)C)cc1. The van der Waals surface area contributed by atoms with E-state index < -0.39 is 0 Å². The Morgan fingerprint density at radius 1 is 1.24 bits per heavy atom. The van der Waals surface area contributed by atoms with Gasteiger partial charge >= 0.3 is 0 Å². The Morgan fingerprint density at radius 3 is 2.38 bits per heavy atom. The third kappa shape index (κ3) is 7.14. The van der Waals surface area contributed by atoms with Crippen LogP contribution in [0.4, 0.5) is 0 Å². The molecule has 4 heteroatoms. The van der Waals surface area contributed by atoms with E-state index in [1.807, 2.05) is 38.1 Å². The number of amides is 1. The summed E-state index contributed by atoms with van der Waals surface area (Å²) in [7, 11) is 0. The second-order valence-electron chi connectivity index (χ2n) is 6.22. The van der Waals surface area contributed by atoms with Crippen molar-refractivity contribution in [3.63, 3.8) is 0 Å². The van der Waals surface area contributed by atoms with Crippen molar-refractivity contribution in [2.24, 2.45) is 0 Å². The van der Waals surface area contributed by atoms with Gasteiger partial charge in [-0.05, 0) is 52.3 Å². The van der Waals surface area contributed by atoms with Gasteiger partial charge in [-0.15, -0.1) is 0 Å². The Morgan fingerprint density at radius 2 is 1.86 bits per heavy atom. The Labute approximate surface area is 128 Å². The number of nitrogens with one attached hydrogen (secondary N) is 2. The van der Waals surface area contributed by atoms with Gasteiger partial charge in [0.25, 0.3) is 0 Å². The molecule has 0 saturated heterocycles. The second kappa shape index (κ2) is 8.03. The summed E-state index contributed by atoms with van der Waals surface area (Å²) < 4.78 is 5.41. The second-order valence-corrected chi connectivity index (χ2v) is 6.22. The largest absolute Gasteiger partial charge is 0.494 e. The van der Waals surface area contributed by atoms with Crippen LogP contribution < -0.4 is 15.4 Å². The minimum atomic E-state index is 0.00260. The van der Waals surface area contributed by atoms with Gasteiger partial charge in [-0.25, -0.2) is 0 Å². The van der Waals surface area contributed by atoms with Crippen molar-refractivity contribution in [3.05, 3.63) is 29.8 Å². The van der Waals surface area contributed by atoms with Crippen molar-refractivity contribution < 1.29 is 9.53 Å². The first-order valence-corrected chi connectivity index (χ1v) is 7.59. The van der Waals surface area contributed by atoms with E-state index in [9.17, 15) is 4.79 Å². The summed E-state index contributed by atoms with van der Waals surface area (Å²) in [6.45, 7) is 11.6. The van der Waals surface area contributed by atoms with E-state index >= 15 is 0 Å². The van der Waals surface area contributed by atoms with Gasteiger partial charge in [0.15, 0.2) is 0 Å². The zero-order valence-electron chi connectivity index (χ0n) is 13.8. The van der Waals surface area contributed by atoms with Crippen LogP contribution in [0.15, 0.2) is 24.3 Å². The van der Waals surface area contributed by atoms with E-state index in [4.69, 9.17) is 4.74 Å². The van der Waals surface area contributed by atoms with E-state index in [0.29, 0.717) is 19.6 Å². The zero-order valence-corrected chi connectivity index (χ0v) is 13.8. The van der Waals surface area contributed by atoms with Crippen molar-refractivity contribution in [1.82, 2.24) is 10.6 Å². The molecule has 0 aliphatic rings. The Bertz CT molecular complexity index is 435. The summed E-state index contributed by atoms with van der Waals surface area (Å²) >= 11 is 0. The maximum absolute atomic E-state index is 11.9. The zero-order chi connectivity index (χ0) is 15.9. The van der Waals surface area contributed by atoms with Crippen LogP contribution in [0.2, 0.25) is 0 Å². The van der Waals surface area contributed by atoms with Crippen LogP contribution >= 0.6 is 0 Å². The normalized spacial score (nSPS) is 12.8. The molecule has 0 aromatic heterocycles. The number of carbonyl (C=O) groups excluding carboxylic acids is 1. The van der Waals surface area contributed by atoms with Gasteiger partial charge in [0.2, 0.25) is 5.91 Å². The molecular weight excluding hydrogens is 264 g/mol. The maximum Gasteiger partial charge on any atom is 0.221 e. The van der Waals surface area contributed by atoms with Crippen molar-refractivity contribution >= 4 is 5.91 Å². The first-order valence-electron chi connectivity index (χ1n) is 7.59. The number of carbonyl (C=O) groups is 1. The van der Waals surface area contributed by atoms with Crippen molar-refractivity contribution in [2.75, 3.05) is 13.2 Å². The molecule has 0 heterocycles. The number of hydrogen-bond donors (Lipinski definition) is 2. The summed E-state index contributed by atoms with van der Waals surface area (Å²) in [6, 6.07) is 7.85. The molecule has 0 spiro atoms. The molecule has 4 nitrogen and oxygen atoms in total. The minimum absolute atomic E-state index is 0.00260. The molecule has 0 aliphatic carbocycles. The highest BCUT2D eigenvalue weighted by molar-refractivity contribution is 5.76. The van der Waals surface area contributed by atoms with Gasteiger partial charge in [0, 0.05) is 18.5 Å². The summed E-state index contributed by atoms with van der Waals surface area (Å²) in [5.41, 5.74) is 1.12. The fourth-order valence-corrected chi connectivity index (χ4v) is 1.97. The van der Waals surface area contributed by atoms with Crippen LogP contribution in [0.25, 0.3) is 0 Å². The first-order chi connectivity index (χ1) is 9.81. The summed E-state index contributed by atoms with van der Waals surface area (Å²) in [5.74, 6) is 0.919. The molecule has 2 N–H and O–H groups in total. The van der Waals surface area contributed by atoms with Crippen molar-refractivity contribution in [3.8, 4) is 5.75 Å². The van der Waals surface area contributed by atoms with E-state index in [0.717, 1.165) is 11.3 Å². The summed E-state index contributed by atoms with van der Waals surface area (Å²) in [6.07, 6.45) is 0.485. The van der Waals surface area contributed by atoms with Crippen molar-refractivity contribution in [2.45, 2.75) is 52.6 Å². The third-order valence-corrected chi connectivity index (χ3v) is 3.08. The molecule has 1 amide bonds. The lowest BCUT2D eigenvalue weighted by Crippen LogP contribution is -2.38. The Hall–Kier alpha value is -1.55. The highest BCUT2D eigenvalue weighted by atomic mass is 16.5. The number of hydrogen-bond acceptors (Lipinski definition) is 3. The first kappa shape index (κ1) is 17.5. The van der Waals surface area contributed by atoms with Gasteiger partial charge in [-0.1, -0.05) is 12.1 Å². The Balaban J connectivity index is 2.41. The summed E-state index contributed by atoms with van der Waals surface area (Å²) in [5, 5.41) is 6.32. The molecular formula is C17H28N2O2. The van der Waals surface area contributed by atoms with Gasteiger partial charge in [0.1, 0.15) is 5.75 Å². The van der Waals surface area contributed by atoms with Gasteiger partial charge in [-0.3, -0.25) is 4.79 Å². The van der Waals surface area contributed by atoms with E-state index in [1.165, 1.54) is 0 Å². The van der Waals surface area contributed by atoms with Crippen LogP contribution in [-0.4, -0.2) is 24.6 Å². The standard InChI is InChI=1S/C17H28N2O2/c1-6-21-15-9-7-14(8-10-15)13(2)19-16(20)11-12-18-17(3,4)5/h7-10,13,18H,6,11-12H2,1-5H3,(H,19,20). The van der Waals surface area contributed by atoms with Crippen LogP contribution in [-0.2, 0) is 4.79 Å². The van der Waals surface area contributed by atoms with E-state index in [2.05, 4.69) is 31.4 Å². The van der Waals surface area contributed by atoms with E-state index in [1.54, 1.807) is 0 Å². The molecule has 0 bridgehead atoms. The molecule has 0 radical (unpaired) electrons. The quantitative estimate of drug-likeness (QED) is 0.812. The number of rotatable bonds is 7. The predicted octanol–water partition coefficient (Wildman–Crippen LogP) is 3.04. The van der Waals surface area contributed by atoms with Crippen LogP contribution in [0.5, 0.6) is 5.75 Å². The molecule has 1 aromatic rings. The molecule has 0 aliphatic heterocycles. The molecule has 0 saturated carbocycles. The fraction of sp³-hybridized carbons (Fsp3) is 0.588. The molecule has 1 unspecified atom stereocenters. The molecule has 1 aromatic carbocycles. The van der Waals surface area contributed by atoms with E-state index in [-0.39, 0.29) is 17.5 Å². The fourth-order valence-electron chi connectivity index (χ4n) is 1.97. The minimum Gasteiger partial charge on any atom is -0.494 e. The number of ether oxygens (including phenoxy) is 1. The van der Waals surface area contributed by atoms with Crippen LogP contribution in [0, 0.1) is 0 Å². The third-order valence-electron chi connectivity index (χ3n) is 3.08. The van der Waals surface area contributed by atoms with Gasteiger partial charge in [0.05, 0.1) is 12.6 Å². The maximum atomic E-state index is 11.9. The average molecular weight is 292 g/mol. The Kier molecular flexibility index (Phi) is 6.69. The van der Waals surface area contributed by atoms with Crippen LogP contribution in [0.3, 0.4) is 0 Å². The average Bonchev–Trinajstić information content (AvgIpc) is 2.38. The molecule has 118 valence electrons. The molecule has 1 rings (SSSR count). The summed E-state index contributed by atoms with van der Waals surface area (Å²) in [4.78, 5) is 11.9. The topological polar surface area (TPSA) is 50.4 Å². The predicted molar refractivity (Wildman–Crippen MR) is 86.5 cm³/mol. The molecule has 21 heavy (non-hydrogen) atoms. The number of benzene rings is 1. The highest BCUT2D eigenvalue weighted by Crippen LogP contribution is 2.17. The van der Waals surface area contributed by atoms with Crippen molar-refractivity contribution in [1.29, 1.82) is 0 Å². The monoisotopic (exact) mass is 292 g/mol. The molecule has 0 fully saturated rings. The lowest BCUT2D eigenvalue weighted by Gasteiger charge is -2.21. The lowest BCUT2D eigenvalue weighted by atomic mass is 10.1. The molecule has 1 atom stereocenters. The van der Waals surface area contributed by atoms with Crippen LogP contribution in [0.1, 0.15) is 52.6 Å².